The van der Waals surface area contributed by atoms with E-state index in [1.165, 1.54) is 10.4 Å². The van der Waals surface area contributed by atoms with E-state index in [2.05, 4.69) is 12.2 Å². The fraction of sp³-hybridized carbons (Fsp3) is 0.611. The van der Waals surface area contributed by atoms with Gasteiger partial charge in [0, 0.05) is 31.8 Å². The van der Waals surface area contributed by atoms with Gasteiger partial charge in [-0.05, 0) is 49.8 Å². The summed E-state index contributed by atoms with van der Waals surface area (Å²) in [6.07, 6.45) is 3.95. The van der Waals surface area contributed by atoms with Gasteiger partial charge in [-0.1, -0.05) is 13.0 Å². The zero-order valence-corrected chi connectivity index (χ0v) is 15.4. The van der Waals surface area contributed by atoms with Gasteiger partial charge in [0.2, 0.25) is 10.0 Å². The molecule has 7 heteroatoms. The highest BCUT2D eigenvalue weighted by molar-refractivity contribution is 7.89. The van der Waals surface area contributed by atoms with Crippen LogP contribution in [0.3, 0.4) is 0 Å². The zero-order valence-electron chi connectivity index (χ0n) is 14.6. The number of carbonyl (C=O) groups is 1. The maximum absolute atomic E-state index is 12.8. The van der Waals surface area contributed by atoms with Gasteiger partial charge in [-0.25, -0.2) is 8.42 Å². The van der Waals surface area contributed by atoms with Gasteiger partial charge in [-0.3, -0.25) is 4.79 Å². The Bertz CT molecular complexity index is 714. The van der Waals surface area contributed by atoms with Crippen molar-refractivity contribution in [3.63, 3.8) is 0 Å². The first-order valence-electron chi connectivity index (χ1n) is 8.97. The van der Waals surface area contributed by atoms with Crippen LogP contribution >= 0.6 is 0 Å². The van der Waals surface area contributed by atoms with Crippen LogP contribution in [-0.4, -0.2) is 51.0 Å². The summed E-state index contributed by atoms with van der Waals surface area (Å²) in [6.45, 7) is 4.35. The number of hydrogen-bond donors (Lipinski definition) is 1. The Hall–Kier alpha value is -1.44. The third-order valence-corrected chi connectivity index (χ3v) is 6.73. The molecule has 1 N–H and O–H groups in total. The van der Waals surface area contributed by atoms with Crippen molar-refractivity contribution in [2.45, 2.75) is 43.6 Å². The summed E-state index contributed by atoms with van der Waals surface area (Å²) in [6, 6.07) is 6.30. The standard InChI is InChI=1S/C18H26N2O4S/c1-14-5-3-9-20(13-14)25(22,23)17-8-2-6-15(11-17)18(21)19-12-16-7-4-10-24-16/h2,6,8,11,14,16H,3-5,7,9-10,12-13H2,1H3,(H,19,21)/t14-,16+/m0/s1. The average Bonchev–Trinajstić information content (AvgIpc) is 3.13. The predicted molar refractivity (Wildman–Crippen MR) is 94.9 cm³/mol. The van der Waals surface area contributed by atoms with Gasteiger partial charge < -0.3 is 10.1 Å². The number of nitrogens with one attached hydrogen (secondary N) is 1. The molecule has 2 heterocycles. The highest BCUT2D eigenvalue weighted by Gasteiger charge is 2.29. The van der Waals surface area contributed by atoms with Gasteiger partial charge in [0.05, 0.1) is 11.0 Å². The Morgan fingerprint density at radius 3 is 2.88 bits per heavy atom. The predicted octanol–water partition coefficient (Wildman–Crippen LogP) is 2.02. The third-order valence-electron chi connectivity index (χ3n) is 4.87. The molecule has 0 saturated carbocycles. The first-order valence-corrected chi connectivity index (χ1v) is 10.4. The second kappa shape index (κ2) is 7.85. The topological polar surface area (TPSA) is 75.7 Å². The molecule has 0 spiro atoms. The number of carbonyl (C=O) groups excluding carboxylic acids is 1. The Kier molecular flexibility index (Phi) is 5.76. The molecule has 2 saturated heterocycles. The molecule has 3 rings (SSSR count). The SMILES string of the molecule is C[C@H]1CCCN(S(=O)(=O)c2cccc(C(=O)NC[C@H]3CCCO3)c2)C1. The molecule has 138 valence electrons. The van der Waals surface area contributed by atoms with Crippen molar-refractivity contribution in [1.82, 2.24) is 9.62 Å². The van der Waals surface area contributed by atoms with Gasteiger partial charge in [-0.2, -0.15) is 4.31 Å². The Morgan fingerprint density at radius 2 is 2.16 bits per heavy atom. The molecule has 1 aromatic carbocycles. The molecule has 2 atom stereocenters. The van der Waals surface area contributed by atoms with Crippen molar-refractivity contribution >= 4 is 15.9 Å². The summed E-state index contributed by atoms with van der Waals surface area (Å²) >= 11 is 0. The maximum atomic E-state index is 12.8. The van der Waals surface area contributed by atoms with E-state index >= 15 is 0 Å². The number of benzene rings is 1. The number of piperidine rings is 1. The molecule has 1 aromatic rings. The third kappa shape index (κ3) is 4.40. The smallest absolute Gasteiger partial charge is 0.251 e. The highest BCUT2D eigenvalue weighted by Crippen LogP contribution is 2.24. The molecule has 2 aliphatic heterocycles. The van der Waals surface area contributed by atoms with Gasteiger partial charge in [0.25, 0.3) is 5.91 Å². The fourth-order valence-electron chi connectivity index (χ4n) is 3.43. The second-order valence-electron chi connectivity index (χ2n) is 6.98. The fourth-order valence-corrected chi connectivity index (χ4v) is 5.07. The average molecular weight is 366 g/mol. The minimum Gasteiger partial charge on any atom is -0.376 e. The van der Waals surface area contributed by atoms with Gasteiger partial charge >= 0.3 is 0 Å². The summed E-state index contributed by atoms with van der Waals surface area (Å²) in [4.78, 5) is 12.5. The Balaban J connectivity index is 1.70. The maximum Gasteiger partial charge on any atom is 0.251 e. The van der Waals surface area contributed by atoms with Crippen molar-refractivity contribution in [2.24, 2.45) is 5.92 Å². The molecule has 25 heavy (non-hydrogen) atoms. The second-order valence-corrected chi connectivity index (χ2v) is 8.92. The summed E-state index contributed by atoms with van der Waals surface area (Å²) in [7, 11) is -3.55. The van der Waals surface area contributed by atoms with Crippen LogP contribution in [0.5, 0.6) is 0 Å². The van der Waals surface area contributed by atoms with Crippen molar-refractivity contribution in [3.8, 4) is 0 Å². The van der Waals surface area contributed by atoms with Crippen molar-refractivity contribution in [2.75, 3.05) is 26.2 Å². The summed E-state index contributed by atoms with van der Waals surface area (Å²) < 4.78 is 32.7. The van der Waals surface area contributed by atoms with Crippen LogP contribution in [0.2, 0.25) is 0 Å². The molecular weight excluding hydrogens is 340 g/mol. The van der Waals surface area contributed by atoms with Crippen LogP contribution in [0.1, 0.15) is 43.0 Å². The Labute approximate surface area is 149 Å². The van der Waals surface area contributed by atoms with E-state index < -0.39 is 10.0 Å². The van der Waals surface area contributed by atoms with Gasteiger partial charge in [0.1, 0.15) is 0 Å². The molecule has 0 aromatic heterocycles. The number of rotatable bonds is 5. The van der Waals surface area contributed by atoms with Crippen LogP contribution in [0.15, 0.2) is 29.2 Å². The van der Waals surface area contributed by atoms with Crippen LogP contribution < -0.4 is 5.32 Å². The lowest BCUT2D eigenvalue weighted by molar-refractivity contribution is 0.0857. The van der Waals surface area contributed by atoms with E-state index in [0.717, 1.165) is 32.3 Å². The van der Waals surface area contributed by atoms with Crippen LogP contribution in [0.25, 0.3) is 0 Å². The van der Waals surface area contributed by atoms with Crippen molar-refractivity contribution < 1.29 is 17.9 Å². The molecule has 6 nitrogen and oxygen atoms in total. The number of amides is 1. The number of ether oxygens (including phenoxy) is 1. The Morgan fingerprint density at radius 1 is 1.32 bits per heavy atom. The van der Waals surface area contributed by atoms with E-state index in [4.69, 9.17) is 4.74 Å². The number of sulfonamides is 1. The van der Waals surface area contributed by atoms with E-state index in [9.17, 15) is 13.2 Å². The number of nitrogens with zero attached hydrogens (tertiary/aromatic N) is 1. The molecule has 0 radical (unpaired) electrons. The summed E-state index contributed by atoms with van der Waals surface area (Å²) in [5.74, 6) is 0.0981. The van der Waals surface area contributed by atoms with E-state index in [1.54, 1.807) is 18.2 Å². The van der Waals surface area contributed by atoms with Crippen LogP contribution in [0.4, 0.5) is 0 Å². The normalized spacial score (nSPS) is 25.0. The lowest BCUT2D eigenvalue weighted by atomic mass is 10.0. The van der Waals surface area contributed by atoms with Crippen LogP contribution in [0, 0.1) is 5.92 Å². The van der Waals surface area contributed by atoms with E-state index in [1.807, 2.05) is 0 Å². The first-order chi connectivity index (χ1) is 12.0. The number of hydrogen-bond acceptors (Lipinski definition) is 4. The zero-order chi connectivity index (χ0) is 17.9. The first kappa shape index (κ1) is 18.4. The minimum absolute atomic E-state index is 0.0608. The largest absolute Gasteiger partial charge is 0.376 e. The molecule has 0 unspecified atom stereocenters. The van der Waals surface area contributed by atoms with Crippen molar-refractivity contribution in [3.05, 3.63) is 29.8 Å². The molecule has 0 bridgehead atoms. The van der Waals surface area contributed by atoms with E-state index in [-0.39, 0.29) is 16.9 Å². The molecule has 0 aliphatic carbocycles. The molecule has 2 aliphatic rings. The highest BCUT2D eigenvalue weighted by atomic mass is 32.2. The molecule has 2 fully saturated rings. The van der Waals surface area contributed by atoms with Gasteiger partial charge in [-0.15, -0.1) is 0 Å². The molecular formula is C18H26N2O4S. The summed E-state index contributed by atoms with van der Waals surface area (Å²) in [5.41, 5.74) is 0.365. The molecule has 1 amide bonds. The van der Waals surface area contributed by atoms with Crippen molar-refractivity contribution in [1.29, 1.82) is 0 Å². The van der Waals surface area contributed by atoms with E-state index in [0.29, 0.717) is 31.1 Å². The lowest BCUT2D eigenvalue weighted by Crippen LogP contribution is -2.39. The minimum atomic E-state index is -3.55. The lowest BCUT2D eigenvalue weighted by Gasteiger charge is -2.30. The monoisotopic (exact) mass is 366 g/mol. The van der Waals surface area contributed by atoms with Crippen LogP contribution in [-0.2, 0) is 14.8 Å². The quantitative estimate of drug-likeness (QED) is 0.865. The summed E-state index contributed by atoms with van der Waals surface area (Å²) in [5, 5.41) is 2.83. The van der Waals surface area contributed by atoms with Gasteiger partial charge in [0.15, 0.2) is 0 Å².